The maximum absolute atomic E-state index is 8.74. The molecule has 0 fully saturated rings. The van der Waals surface area contributed by atoms with Crippen LogP contribution >= 0.6 is 20.7 Å². The van der Waals surface area contributed by atoms with Gasteiger partial charge >= 0.3 is 8.25 Å². The van der Waals surface area contributed by atoms with E-state index in [-0.39, 0.29) is 24.7 Å². The molecule has 0 aromatic carbocycles. The van der Waals surface area contributed by atoms with Crippen LogP contribution < -0.4 is 12.3 Å². The van der Waals surface area contributed by atoms with Crippen molar-refractivity contribution in [3.63, 3.8) is 0 Å². The topological polar surface area (TPSA) is 128 Å². The van der Waals surface area contributed by atoms with Gasteiger partial charge in [-0.1, -0.05) is 0 Å². The Morgan fingerprint density at radius 2 is 1.14 bits per heavy atom. The fraction of sp³-hybridized carbons (Fsp3) is 0. The molecule has 0 saturated carbocycles. The molecule has 0 aliphatic heterocycles. The highest BCUT2D eigenvalue weighted by Gasteiger charge is 1.61. The van der Waals surface area contributed by atoms with Crippen LogP contribution in [0.5, 0.6) is 0 Å². The van der Waals surface area contributed by atoms with Crippen LogP contribution in [0, 0.1) is 0 Å². The van der Waals surface area contributed by atoms with Crippen LogP contribution in [-0.2, 0) is 4.57 Å². The summed E-state index contributed by atoms with van der Waals surface area (Å²) in [6.45, 7) is 0. The van der Waals surface area contributed by atoms with E-state index < -0.39 is 8.25 Å². The largest absolute Gasteiger partial charge is 0.344 e. The highest BCUT2D eigenvalue weighted by Crippen LogP contribution is 1.98. The third kappa shape index (κ3) is 933. The molecular formula is H10ClN2O3P. The molecule has 8 N–H and O–H groups in total. The van der Waals surface area contributed by atoms with Crippen molar-refractivity contribution in [2.75, 3.05) is 0 Å². The molecule has 0 bridgehead atoms. The number of hydrogen-bond donors (Lipinski definition) is 4. The molecule has 7 heavy (non-hydrogen) atoms. The predicted octanol–water partition coefficient (Wildman–Crippen LogP) is 0.106. The van der Waals surface area contributed by atoms with E-state index >= 15 is 0 Å². The Kier molecular flexibility index (Phi) is 61.0. The minimum atomic E-state index is -3.13. The first-order valence-electron chi connectivity index (χ1n) is 0.651. The lowest BCUT2D eigenvalue weighted by molar-refractivity contribution is 0.405. The number of rotatable bonds is 0. The van der Waals surface area contributed by atoms with Gasteiger partial charge in [-0.05, 0) is 0 Å². The van der Waals surface area contributed by atoms with Gasteiger partial charge in [0.2, 0.25) is 0 Å². The van der Waals surface area contributed by atoms with Gasteiger partial charge < -0.3 is 22.1 Å². The molecule has 0 unspecified atom stereocenters. The van der Waals surface area contributed by atoms with Crippen molar-refractivity contribution in [2.45, 2.75) is 0 Å². The molecule has 0 saturated heterocycles. The molecule has 0 aromatic heterocycles. The molecule has 0 rings (SSSR count). The van der Waals surface area contributed by atoms with Crippen LogP contribution in [0.1, 0.15) is 0 Å². The molecule has 0 amide bonds. The molecule has 7 heteroatoms. The average molecular weight is 153 g/mol. The number of halogens is 1. The van der Waals surface area contributed by atoms with E-state index in [1.165, 1.54) is 0 Å². The van der Waals surface area contributed by atoms with E-state index in [9.17, 15) is 0 Å². The summed E-state index contributed by atoms with van der Waals surface area (Å²) < 4.78 is 8.74. The van der Waals surface area contributed by atoms with Gasteiger partial charge in [-0.15, -0.1) is 12.4 Å². The second-order valence-electron chi connectivity index (χ2n) is 0.283. The Bertz CT molecular complexity index is 35.9. The van der Waals surface area contributed by atoms with Crippen molar-refractivity contribution in [2.24, 2.45) is 0 Å². The van der Waals surface area contributed by atoms with Gasteiger partial charge in [0.15, 0.2) is 0 Å². The summed E-state index contributed by atoms with van der Waals surface area (Å²) in [5.74, 6) is 0. The maximum Gasteiger partial charge on any atom is 0.314 e. The Hall–Kier alpha value is 0.360. The molecule has 0 radical (unpaired) electrons. The molecule has 5 nitrogen and oxygen atoms in total. The molecule has 0 aliphatic carbocycles. The molecule has 0 spiro atoms. The summed E-state index contributed by atoms with van der Waals surface area (Å²) >= 11 is 0. The minimum absolute atomic E-state index is 0. The van der Waals surface area contributed by atoms with Gasteiger partial charge in [-0.25, -0.2) is 0 Å². The standard InChI is InChI=1S/ClH.2H3N.H3O3P/c;;;1-4(2)3/h1H;2*1H3;4H,(H2,1,2,3). The molecular weight excluding hydrogens is 142 g/mol. The first-order valence-corrected chi connectivity index (χ1v) is 1.95. The Morgan fingerprint density at radius 3 is 1.14 bits per heavy atom. The zero-order valence-corrected chi connectivity index (χ0v) is 5.44. The zero-order chi connectivity index (χ0) is 3.58. The van der Waals surface area contributed by atoms with Crippen molar-refractivity contribution in [3.8, 4) is 0 Å². The fourth-order valence-corrected chi connectivity index (χ4v) is 0. The SMILES string of the molecule is Cl.N.N.O=[PH](O)O. The normalized spacial score (nSPS) is 5.00. The summed E-state index contributed by atoms with van der Waals surface area (Å²) in [6.07, 6.45) is 0. The Morgan fingerprint density at radius 1 is 1.14 bits per heavy atom. The third-order valence-corrected chi connectivity index (χ3v) is 0. The summed E-state index contributed by atoms with van der Waals surface area (Å²) in [5.41, 5.74) is 0. The van der Waals surface area contributed by atoms with Gasteiger partial charge in [0, 0.05) is 0 Å². The fourth-order valence-electron chi connectivity index (χ4n) is 0. The Balaban J connectivity index is -0.0000000150. The van der Waals surface area contributed by atoms with E-state index in [4.69, 9.17) is 14.4 Å². The maximum atomic E-state index is 8.74. The first kappa shape index (κ1) is 26.4. The number of hydrogen-bond acceptors (Lipinski definition) is 3. The second kappa shape index (κ2) is 16.2. The van der Waals surface area contributed by atoms with Crippen LogP contribution in [0.3, 0.4) is 0 Å². The highest BCUT2D eigenvalue weighted by molar-refractivity contribution is 7.30. The summed E-state index contributed by atoms with van der Waals surface area (Å²) in [6, 6.07) is 0. The van der Waals surface area contributed by atoms with Crippen LogP contribution in [0.15, 0.2) is 0 Å². The van der Waals surface area contributed by atoms with Crippen molar-refractivity contribution in [3.05, 3.63) is 0 Å². The molecule has 0 aliphatic rings. The van der Waals surface area contributed by atoms with E-state index in [1.54, 1.807) is 0 Å². The first-order chi connectivity index (χ1) is 1.73. The highest BCUT2D eigenvalue weighted by atomic mass is 35.5. The van der Waals surface area contributed by atoms with E-state index in [2.05, 4.69) is 0 Å². The van der Waals surface area contributed by atoms with Gasteiger partial charge in [0.05, 0.1) is 0 Å². The second-order valence-corrected chi connectivity index (χ2v) is 0.848. The lowest BCUT2D eigenvalue weighted by Crippen LogP contribution is -1.38. The smallest absolute Gasteiger partial charge is 0.314 e. The van der Waals surface area contributed by atoms with Gasteiger partial charge in [0.1, 0.15) is 0 Å². The lowest BCUT2D eigenvalue weighted by Gasteiger charge is -1.61. The molecule has 0 atom stereocenters. The van der Waals surface area contributed by atoms with Crippen LogP contribution in [-0.4, -0.2) is 9.79 Å². The summed E-state index contributed by atoms with van der Waals surface area (Å²) in [7, 11) is -3.13. The van der Waals surface area contributed by atoms with Crippen molar-refractivity contribution >= 4 is 20.7 Å². The van der Waals surface area contributed by atoms with Crippen molar-refractivity contribution < 1.29 is 14.4 Å². The lowest BCUT2D eigenvalue weighted by atomic mass is 14.0. The van der Waals surface area contributed by atoms with Crippen LogP contribution in [0.25, 0.3) is 0 Å². The minimum Gasteiger partial charge on any atom is -0.344 e. The van der Waals surface area contributed by atoms with E-state index in [1.807, 2.05) is 0 Å². The monoisotopic (exact) mass is 152 g/mol. The summed E-state index contributed by atoms with van der Waals surface area (Å²) in [4.78, 5) is 14.3. The predicted molar refractivity (Wildman–Crippen MR) is 30.7 cm³/mol. The zero-order valence-electron chi connectivity index (χ0n) is 3.63. The van der Waals surface area contributed by atoms with E-state index in [0.29, 0.717) is 0 Å². The average Bonchev–Trinajstić information content (AvgIpc) is 0.811. The summed E-state index contributed by atoms with van der Waals surface area (Å²) in [5, 5.41) is 0. The molecule has 0 aromatic rings. The van der Waals surface area contributed by atoms with Crippen molar-refractivity contribution in [1.29, 1.82) is 0 Å². The van der Waals surface area contributed by atoms with Gasteiger partial charge in [-0.3, -0.25) is 4.57 Å². The molecule has 50 valence electrons. The van der Waals surface area contributed by atoms with Gasteiger partial charge in [-0.2, -0.15) is 0 Å². The Labute approximate surface area is 48.3 Å². The van der Waals surface area contributed by atoms with Crippen molar-refractivity contribution in [1.82, 2.24) is 12.3 Å². The van der Waals surface area contributed by atoms with E-state index in [0.717, 1.165) is 0 Å². The van der Waals surface area contributed by atoms with Crippen LogP contribution in [0.4, 0.5) is 0 Å². The van der Waals surface area contributed by atoms with Crippen LogP contribution in [0.2, 0.25) is 0 Å². The van der Waals surface area contributed by atoms with Gasteiger partial charge in [0.25, 0.3) is 0 Å². The third-order valence-electron chi connectivity index (χ3n) is 0. The molecule has 0 heterocycles. The quantitative estimate of drug-likeness (QED) is 0.366.